The van der Waals surface area contributed by atoms with Gasteiger partial charge in [0.2, 0.25) is 0 Å². The van der Waals surface area contributed by atoms with Gasteiger partial charge in [-0.25, -0.2) is 0 Å². The molecule has 0 bridgehead atoms. The van der Waals surface area contributed by atoms with E-state index < -0.39 is 0 Å². The average Bonchev–Trinajstić information content (AvgIpc) is 2.67. The second-order valence-corrected chi connectivity index (χ2v) is 2.99. The molecule has 0 aromatic carbocycles. The molecule has 0 aliphatic heterocycles. The third-order valence-electron chi connectivity index (χ3n) is 2.02. The lowest BCUT2D eigenvalue weighted by atomic mass is 10.3. The van der Waals surface area contributed by atoms with Gasteiger partial charge in [0.05, 0.1) is 0 Å². The first-order chi connectivity index (χ1) is 6.90. The summed E-state index contributed by atoms with van der Waals surface area (Å²) in [5, 5.41) is 8.80. The van der Waals surface area contributed by atoms with Gasteiger partial charge in [0.15, 0.2) is 0 Å². The minimum absolute atomic E-state index is 0.675. The van der Waals surface area contributed by atoms with Gasteiger partial charge in [0.1, 0.15) is 11.8 Å². The predicted octanol–water partition coefficient (Wildman–Crippen LogP) is 1.80. The lowest BCUT2D eigenvalue weighted by Gasteiger charge is -2.03. The van der Waals surface area contributed by atoms with Crippen LogP contribution in [0.3, 0.4) is 0 Å². The SMILES string of the molecule is N#Cc1cccn1Cc1cccnc1. The second kappa shape index (κ2) is 3.75. The average molecular weight is 183 g/mol. The van der Waals surface area contributed by atoms with Crippen molar-refractivity contribution in [3.63, 3.8) is 0 Å². The monoisotopic (exact) mass is 183 g/mol. The Morgan fingerprint density at radius 2 is 2.29 bits per heavy atom. The number of hydrogen-bond acceptors (Lipinski definition) is 2. The molecule has 0 N–H and O–H groups in total. The van der Waals surface area contributed by atoms with Crippen LogP contribution in [0.5, 0.6) is 0 Å². The van der Waals surface area contributed by atoms with Gasteiger partial charge in [-0.1, -0.05) is 6.07 Å². The summed E-state index contributed by atoms with van der Waals surface area (Å²) in [6.45, 7) is 0.698. The number of nitriles is 1. The van der Waals surface area contributed by atoms with Crippen molar-refractivity contribution in [2.75, 3.05) is 0 Å². The zero-order chi connectivity index (χ0) is 9.80. The first-order valence-electron chi connectivity index (χ1n) is 4.34. The molecule has 14 heavy (non-hydrogen) atoms. The molecule has 0 unspecified atom stereocenters. The minimum atomic E-state index is 0.675. The molecule has 0 aliphatic rings. The molecule has 2 rings (SSSR count). The summed E-state index contributed by atoms with van der Waals surface area (Å²) in [6, 6.07) is 9.70. The molecule has 3 heteroatoms. The molecule has 2 aromatic heterocycles. The van der Waals surface area contributed by atoms with Crippen LogP contribution in [0.15, 0.2) is 42.9 Å². The van der Waals surface area contributed by atoms with Crippen LogP contribution in [0.25, 0.3) is 0 Å². The molecule has 0 radical (unpaired) electrons. The van der Waals surface area contributed by atoms with Gasteiger partial charge in [0.25, 0.3) is 0 Å². The van der Waals surface area contributed by atoms with E-state index in [-0.39, 0.29) is 0 Å². The smallest absolute Gasteiger partial charge is 0.120 e. The van der Waals surface area contributed by atoms with E-state index >= 15 is 0 Å². The fraction of sp³-hybridized carbons (Fsp3) is 0.0909. The van der Waals surface area contributed by atoms with Crippen molar-refractivity contribution in [1.29, 1.82) is 5.26 Å². The Kier molecular flexibility index (Phi) is 2.28. The van der Waals surface area contributed by atoms with Gasteiger partial charge >= 0.3 is 0 Å². The molecule has 68 valence electrons. The standard InChI is InChI=1S/C11H9N3/c12-7-11-4-2-6-14(11)9-10-3-1-5-13-8-10/h1-6,8H,9H2. The van der Waals surface area contributed by atoms with Crippen molar-refractivity contribution in [3.8, 4) is 6.07 Å². The van der Waals surface area contributed by atoms with Crippen LogP contribution in [0, 0.1) is 11.3 Å². The fourth-order valence-electron chi connectivity index (χ4n) is 1.34. The van der Waals surface area contributed by atoms with Crippen LogP contribution in [0.4, 0.5) is 0 Å². The highest BCUT2D eigenvalue weighted by atomic mass is 15.0. The molecule has 0 aliphatic carbocycles. The maximum absolute atomic E-state index is 8.80. The highest BCUT2D eigenvalue weighted by Crippen LogP contribution is 2.05. The summed E-state index contributed by atoms with van der Waals surface area (Å²) in [6.07, 6.45) is 5.44. The Labute approximate surface area is 82.2 Å². The number of rotatable bonds is 2. The van der Waals surface area contributed by atoms with Crippen molar-refractivity contribution in [3.05, 3.63) is 54.1 Å². The van der Waals surface area contributed by atoms with Gasteiger partial charge < -0.3 is 4.57 Å². The minimum Gasteiger partial charge on any atom is -0.335 e. The third-order valence-corrected chi connectivity index (χ3v) is 2.02. The number of aromatic nitrogens is 2. The van der Waals surface area contributed by atoms with E-state index in [1.165, 1.54) is 0 Å². The van der Waals surface area contributed by atoms with Gasteiger partial charge in [-0.3, -0.25) is 4.98 Å². The Morgan fingerprint density at radius 1 is 1.36 bits per heavy atom. The van der Waals surface area contributed by atoms with Crippen molar-refractivity contribution in [2.24, 2.45) is 0 Å². The summed E-state index contributed by atoms with van der Waals surface area (Å²) in [5.41, 5.74) is 1.77. The largest absolute Gasteiger partial charge is 0.335 e. The van der Waals surface area contributed by atoms with Gasteiger partial charge in [0, 0.05) is 25.1 Å². The first-order valence-corrected chi connectivity index (χ1v) is 4.34. The Bertz CT molecular complexity index is 451. The molecule has 3 nitrogen and oxygen atoms in total. The van der Waals surface area contributed by atoms with E-state index in [0.717, 1.165) is 5.56 Å². The Morgan fingerprint density at radius 3 is 3.00 bits per heavy atom. The van der Waals surface area contributed by atoms with Gasteiger partial charge in [-0.05, 0) is 23.8 Å². The molecule has 0 amide bonds. The van der Waals surface area contributed by atoms with Crippen molar-refractivity contribution >= 4 is 0 Å². The molecule has 0 fully saturated rings. The fourth-order valence-corrected chi connectivity index (χ4v) is 1.34. The maximum atomic E-state index is 8.80. The molecule has 0 atom stereocenters. The number of hydrogen-bond donors (Lipinski definition) is 0. The highest BCUT2D eigenvalue weighted by Gasteiger charge is 1.99. The molecular formula is C11H9N3. The zero-order valence-electron chi connectivity index (χ0n) is 7.59. The van der Waals surface area contributed by atoms with E-state index in [9.17, 15) is 0 Å². The normalized spacial score (nSPS) is 9.64. The molecule has 0 spiro atoms. The molecule has 0 saturated carbocycles. The van der Waals surface area contributed by atoms with Crippen LogP contribution in [-0.2, 0) is 6.54 Å². The van der Waals surface area contributed by atoms with Crippen LogP contribution < -0.4 is 0 Å². The van der Waals surface area contributed by atoms with Crippen LogP contribution in [0.2, 0.25) is 0 Å². The summed E-state index contributed by atoms with van der Waals surface area (Å²) >= 11 is 0. The van der Waals surface area contributed by atoms with Crippen LogP contribution in [-0.4, -0.2) is 9.55 Å². The lowest BCUT2D eigenvalue weighted by molar-refractivity contribution is 0.789. The summed E-state index contributed by atoms with van der Waals surface area (Å²) in [7, 11) is 0. The maximum Gasteiger partial charge on any atom is 0.120 e. The van der Waals surface area contributed by atoms with E-state index in [2.05, 4.69) is 11.1 Å². The van der Waals surface area contributed by atoms with Gasteiger partial charge in [-0.15, -0.1) is 0 Å². The van der Waals surface area contributed by atoms with Crippen molar-refractivity contribution in [1.82, 2.24) is 9.55 Å². The Hall–Kier alpha value is -2.08. The molecule has 0 saturated heterocycles. The first kappa shape index (κ1) is 8.52. The third kappa shape index (κ3) is 1.64. The number of nitrogens with zero attached hydrogens (tertiary/aromatic N) is 3. The second-order valence-electron chi connectivity index (χ2n) is 2.99. The zero-order valence-corrected chi connectivity index (χ0v) is 7.59. The molecule has 2 aromatic rings. The van der Waals surface area contributed by atoms with Crippen LogP contribution in [0.1, 0.15) is 11.3 Å². The van der Waals surface area contributed by atoms with Gasteiger partial charge in [-0.2, -0.15) is 5.26 Å². The summed E-state index contributed by atoms with van der Waals surface area (Å²) in [5.74, 6) is 0. The van der Waals surface area contributed by atoms with E-state index in [4.69, 9.17) is 5.26 Å². The number of pyridine rings is 1. The van der Waals surface area contributed by atoms with E-state index in [1.807, 2.05) is 29.0 Å². The van der Waals surface area contributed by atoms with Crippen molar-refractivity contribution in [2.45, 2.75) is 6.54 Å². The van der Waals surface area contributed by atoms with E-state index in [0.29, 0.717) is 12.2 Å². The molecular weight excluding hydrogens is 174 g/mol. The summed E-state index contributed by atoms with van der Waals surface area (Å²) in [4.78, 5) is 4.02. The van der Waals surface area contributed by atoms with E-state index in [1.54, 1.807) is 18.5 Å². The summed E-state index contributed by atoms with van der Waals surface area (Å²) < 4.78 is 1.90. The highest BCUT2D eigenvalue weighted by molar-refractivity contribution is 5.23. The Balaban J connectivity index is 2.24. The topological polar surface area (TPSA) is 41.6 Å². The lowest BCUT2D eigenvalue weighted by Crippen LogP contribution is -2.00. The predicted molar refractivity (Wildman–Crippen MR) is 52.5 cm³/mol. The van der Waals surface area contributed by atoms with Crippen molar-refractivity contribution < 1.29 is 0 Å². The van der Waals surface area contributed by atoms with Crippen LogP contribution >= 0.6 is 0 Å². The quantitative estimate of drug-likeness (QED) is 0.712. The molecule has 2 heterocycles.